The van der Waals surface area contributed by atoms with Gasteiger partial charge in [-0.2, -0.15) is 0 Å². The second-order valence-electron chi connectivity index (χ2n) is 1.80. The average Bonchev–Trinajstić information content (AvgIpc) is 1.86. The Bertz CT molecular complexity index is 130. The van der Waals surface area contributed by atoms with Crippen molar-refractivity contribution in [3.8, 4) is 0 Å². The average molecular weight is 240 g/mol. The molecule has 0 radical (unpaired) electrons. The van der Waals surface area contributed by atoms with Crippen LogP contribution in [0.1, 0.15) is 6.92 Å². The summed E-state index contributed by atoms with van der Waals surface area (Å²) in [5.41, 5.74) is 5.93. The molecule has 1 atom stereocenters. The van der Waals surface area contributed by atoms with E-state index >= 15 is 0 Å². The van der Waals surface area contributed by atoms with Crippen LogP contribution >= 0.6 is 0 Å². The van der Waals surface area contributed by atoms with Gasteiger partial charge in [-0.15, -0.1) is 0 Å². The molecule has 0 aliphatic heterocycles. The van der Waals surface area contributed by atoms with Gasteiger partial charge in [0.2, 0.25) is 0 Å². The second-order valence-corrected chi connectivity index (χ2v) is 4.67. The molecule has 0 aliphatic rings. The summed E-state index contributed by atoms with van der Waals surface area (Å²) < 4.78 is 4.78. The molecule has 0 aromatic carbocycles. The van der Waals surface area contributed by atoms with Gasteiger partial charge in [0, 0.05) is 0 Å². The number of rotatable bonds is 3. The van der Waals surface area contributed by atoms with Gasteiger partial charge in [-0.05, 0) is 0 Å². The first-order chi connectivity index (χ1) is 4.04. The fourth-order valence-electron chi connectivity index (χ4n) is 0.258. The Balaban J connectivity index is 4.13. The van der Waals surface area contributed by atoms with E-state index in [4.69, 9.17) is 15.1 Å². The second kappa shape index (κ2) is 3.28. The number of hydrogen-bond acceptors (Lipinski definition) is 3. The minimum atomic E-state index is -0.604. The summed E-state index contributed by atoms with van der Waals surface area (Å²) in [7, 11) is 0. The van der Waals surface area contributed by atoms with Crippen LogP contribution < -0.4 is 31.2 Å². The van der Waals surface area contributed by atoms with E-state index in [0.717, 1.165) is 0 Å². The van der Waals surface area contributed by atoms with Crippen molar-refractivity contribution in [2.45, 2.75) is 10.5 Å². The zero-order valence-corrected chi connectivity index (χ0v) is 7.47. The van der Waals surface area contributed by atoms with Gasteiger partial charge < -0.3 is 0 Å². The van der Waals surface area contributed by atoms with Crippen LogP contribution in [-0.2, 0) is 0 Å². The molecule has 0 heterocycles. The first-order valence-corrected chi connectivity index (χ1v) is 4.72. The Labute approximate surface area is 65.6 Å². The molecule has 4 heteroatoms. The van der Waals surface area contributed by atoms with Crippen LogP contribution in [0, 0.1) is 5.41 Å². The van der Waals surface area contributed by atoms with E-state index in [1.54, 1.807) is 6.92 Å². The van der Waals surface area contributed by atoms with Gasteiger partial charge in [0.15, 0.2) is 0 Å². The van der Waals surface area contributed by atoms with Crippen LogP contribution in [0.2, 0.25) is 0 Å². The molecule has 0 unspecified atom stereocenters. The molecule has 0 rings (SSSR count). The molecule has 0 saturated heterocycles. The number of halogens is 1. The Kier molecular flexibility index (Phi) is 3.31. The van der Waals surface area contributed by atoms with E-state index in [2.05, 4.69) is 6.58 Å². The van der Waals surface area contributed by atoms with Crippen molar-refractivity contribution in [3.63, 3.8) is 0 Å². The van der Waals surface area contributed by atoms with Crippen molar-refractivity contribution in [2.24, 2.45) is 9.68 Å². The third kappa shape index (κ3) is 2.42. The molecule has 0 bridgehead atoms. The van der Waals surface area contributed by atoms with Crippen LogP contribution in [0.4, 0.5) is 0 Å². The predicted molar refractivity (Wildman–Crippen MR) is 34.7 cm³/mol. The van der Waals surface area contributed by atoms with E-state index in [-0.39, 0.29) is 0 Å². The van der Waals surface area contributed by atoms with Gasteiger partial charge in [-0.3, -0.25) is 0 Å². The van der Waals surface area contributed by atoms with E-state index in [1.165, 1.54) is 6.08 Å². The van der Waals surface area contributed by atoms with Crippen LogP contribution in [-0.4, -0.2) is 9.26 Å². The van der Waals surface area contributed by atoms with Gasteiger partial charge in [-0.25, -0.2) is 0 Å². The summed E-state index contributed by atoms with van der Waals surface area (Å²) in [4.78, 5) is 0. The summed E-state index contributed by atoms with van der Waals surface area (Å²) in [6, 6.07) is 0. The summed E-state index contributed by atoms with van der Waals surface area (Å²) in [6.07, 6.45) is 1.44. The van der Waals surface area contributed by atoms with Crippen molar-refractivity contribution in [2.75, 3.05) is 0 Å². The molecule has 0 aromatic rings. The quantitative estimate of drug-likeness (QED) is 0.160. The van der Waals surface area contributed by atoms with Crippen LogP contribution in [0.25, 0.3) is 0 Å². The summed E-state index contributed by atoms with van der Waals surface area (Å²) >= 11 is -0.604. The first kappa shape index (κ1) is 9.06. The standard InChI is InChI=1S/C5H11IN3/c1-3-4(7)5(2,8)6-9/h3,7H,1,8-9H2,2H3/q-1/t5-/m1/s1. The zero-order valence-electron chi connectivity index (χ0n) is 5.32. The molecule has 54 valence electrons. The Morgan fingerprint density at radius 3 is 2.44 bits per heavy atom. The number of nitrogens with two attached hydrogens (primary N) is 2. The van der Waals surface area contributed by atoms with Gasteiger partial charge in [0.1, 0.15) is 0 Å². The fourth-order valence-corrected chi connectivity index (χ4v) is 0.814. The zero-order chi connectivity index (χ0) is 7.49. The summed E-state index contributed by atoms with van der Waals surface area (Å²) in [5, 5.41) is 7.24. The van der Waals surface area contributed by atoms with Crippen molar-refractivity contribution in [3.05, 3.63) is 12.7 Å². The van der Waals surface area contributed by atoms with Crippen molar-refractivity contribution >= 4 is 5.71 Å². The molecule has 5 N–H and O–H groups in total. The Hall–Kier alpha value is 0.0600. The molecule has 0 saturated carbocycles. The maximum atomic E-state index is 7.24. The molecule has 0 amide bonds. The molecular formula is C5H11IN3-. The molecule has 9 heavy (non-hydrogen) atoms. The van der Waals surface area contributed by atoms with E-state index in [0.29, 0.717) is 5.71 Å². The SMILES string of the molecule is C=CC(=N)[C@@](C)(N)[I-]N. The molecule has 0 aromatic heterocycles. The van der Waals surface area contributed by atoms with Crippen LogP contribution in [0.15, 0.2) is 12.7 Å². The third-order valence-electron chi connectivity index (χ3n) is 0.957. The molecule has 3 nitrogen and oxygen atoms in total. The van der Waals surface area contributed by atoms with E-state index in [9.17, 15) is 0 Å². The predicted octanol–water partition coefficient (Wildman–Crippen LogP) is -3.17. The first-order valence-electron chi connectivity index (χ1n) is 2.39. The Morgan fingerprint density at radius 2 is 2.33 bits per heavy atom. The van der Waals surface area contributed by atoms with E-state index in [1.807, 2.05) is 0 Å². The Morgan fingerprint density at radius 1 is 1.89 bits per heavy atom. The van der Waals surface area contributed by atoms with Crippen molar-refractivity contribution in [1.29, 1.82) is 5.41 Å². The molecule has 0 spiro atoms. The maximum absolute atomic E-state index is 7.24. The van der Waals surface area contributed by atoms with Crippen molar-refractivity contribution < 1.29 is 21.5 Å². The number of hydrogen-bond donors (Lipinski definition) is 3. The van der Waals surface area contributed by atoms with Crippen LogP contribution in [0.5, 0.6) is 0 Å². The van der Waals surface area contributed by atoms with E-state index < -0.39 is 25.0 Å². The topological polar surface area (TPSA) is 75.9 Å². The molecule has 0 aliphatic carbocycles. The van der Waals surface area contributed by atoms with Gasteiger partial charge >= 0.3 is 65.4 Å². The number of alkyl halides is 1. The monoisotopic (exact) mass is 240 g/mol. The molecule has 0 fully saturated rings. The van der Waals surface area contributed by atoms with Gasteiger partial charge in [0.25, 0.3) is 0 Å². The molecular weight excluding hydrogens is 229 g/mol. The number of nitrogens with one attached hydrogen (secondary N) is 1. The third-order valence-corrected chi connectivity index (χ3v) is 2.83. The fraction of sp³-hybridized carbons (Fsp3) is 0.400. The minimum absolute atomic E-state index is 0.331. The van der Waals surface area contributed by atoms with Crippen LogP contribution in [0.3, 0.4) is 0 Å². The van der Waals surface area contributed by atoms with Crippen molar-refractivity contribution in [1.82, 2.24) is 0 Å². The van der Waals surface area contributed by atoms with Gasteiger partial charge in [-0.1, -0.05) is 0 Å². The summed E-state index contributed by atoms with van der Waals surface area (Å²) in [6.45, 7) is 5.19. The van der Waals surface area contributed by atoms with Gasteiger partial charge in [0.05, 0.1) is 0 Å². The summed E-state index contributed by atoms with van der Waals surface area (Å²) in [5.74, 6) is 0. The normalized spacial score (nSPS) is 16.8.